The lowest BCUT2D eigenvalue weighted by molar-refractivity contribution is 0.0384. The zero-order valence-corrected chi connectivity index (χ0v) is 10.9. The lowest BCUT2D eigenvalue weighted by atomic mass is 10.2. The largest absolute Gasteiger partial charge is 0.379 e. The third kappa shape index (κ3) is 4.62. The molecule has 94 valence electrons. The van der Waals surface area contributed by atoms with E-state index in [0.717, 1.165) is 38.1 Å². The molecule has 2 rings (SSSR count). The fraction of sp³-hybridized carbons (Fsp3) is 1.00. The van der Waals surface area contributed by atoms with Gasteiger partial charge in [0, 0.05) is 38.0 Å². The molecule has 3 nitrogen and oxygen atoms in total. The van der Waals surface area contributed by atoms with Crippen LogP contribution >= 0.6 is 11.8 Å². The van der Waals surface area contributed by atoms with Crippen LogP contribution in [-0.4, -0.2) is 61.8 Å². The molecule has 0 aromatic carbocycles. The first kappa shape index (κ1) is 12.7. The van der Waals surface area contributed by atoms with E-state index in [-0.39, 0.29) is 0 Å². The summed E-state index contributed by atoms with van der Waals surface area (Å²) in [5.41, 5.74) is 0. The fourth-order valence-corrected chi connectivity index (χ4v) is 3.57. The molecule has 0 radical (unpaired) electrons. The van der Waals surface area contributed by atoms with Gasteiger partial charge >= 0.3 is 0 Å². The van der Waals surface area contributed by atoms with Crippen molar-refractivity contribution in [1.29, 1.82) is 0 Å². The third-order valence-electron chi connectivity index (χ3n) is 3.35. The van der Waals surface area contributed by atoms with E-state index in [2.05, 4.69) is 22.0 Å². The van der Waals surface area contributed by atoms with Crippen LogP contribution < -0.4 is 5.32 Å². The van der Waals surface area contributed by atoms with Gasteiger partial charge in [0.05, 0.1) is 13.2 Å². The van der Waals surface area contributed by atoms with E-state index in [1.807, 2.05) is 0 Å². The van der Waals surface area contributed by atoms with Crippen molar-refractivity contribution in [3.05, 3.63) is 0 Å². The molecule has 2 saturated heterocycles. The Morgan fingerprint density at radius 3 is 2.88 bits per heavy atom. The number of nitrogens with zero attached hydrogens (tertiary/aromatic N) is 1. The number of rotatable bonds is 5. The van der Waals surface area contributed by atoms with Crippen LogP contribution in [0.3, 0.4) is 0 Å². The van der Waals surface area contributed by atoms with Gasteiger partial charge in [-0.1, -0.05) is 6.42 Å². The second-order valence-corrected chi connectivity index (χ2v) is 6.05. The molecule has 0 bridgehead atoms. The van der Waals surface area contributed by atoms with Gasteiger partial charge in [0.2, 0.25) is 0 Å². The van der Waals surface area contributed by atoms with Crippen LogP contribution in [0.5, 0.6) is 0 Å². The Balaban J connectivity index is 1.47. The molecular formula is C12H24N2OS. The minimum atomic E-state index is 0.874. The van der Waals surface area contributed by atoms with Crippen molar-refractivity contribution in [2.24, 2.45) is 0 Å². The van der Waals surface area contributed by atoms with Crippen molar-refractivity contribution in [3.8, 4) is 0 Å². The highest BCUT2D eigenvalue weighted by Gasteiger charge is 2.13. The first-order valence-electron chi connectivity index (χ1n) is 6.57. The Morgan fingerprint density at radius 2 is 2.12 bits per heavy atom. The molecule has 0 amide bonds. The number of hydrogen-bond donors (Lipinski definition) is 1. The quantitative estimate of drug-likeness (QED) is 0.734. The van der Waals surface area contributed by atoms with Gasteiger partial charge in [-0.3, -0.25) is 4.90 Å². The number of nitrogens with one attached hydrogen (secondary N) is 1. The SMILES string of the molecule is C1CCC(CNCCN2CCOCC2)SC1. The summed E-state index contributed by atoms with van der Waals surface area (Å²) in [7, 11) is 0. The zero-order valence-electron chi connectivity index (χ0n) is 10.1. The van der Waals surface area contributed by atoms with Crippen molar-refractivity contribution in [2.45, 2.75) is 24.5 Å². The van der Waals surface area contributed by atoms with Crippen LogP contribution in [0.1, 0.15) is 19.3 Å². The maximum atomic E-state index is 5.34. The van der Waals surface area contributed by atoms with Gasteiger partial charge < -0.3 is 10.1 Å². The summed E-state index contributed by atoms with van der Waals surface area (Å²) in [5.74, 6) is 1.37. The van der Waals surface area contributed by atoms with Crippen LogP contribution in [0.15, 0.2) is 0 Å². The third-order valence-corrected chi connectivity index (χ3v) is 4.75. The Morgan fingerprint density at radius 1 is 1.25 bits per heavy atom. The summed E-state index contributed by atoms with van der Waals surface area (Å²) in [6.45, 7) is 7.57. The fourth-order valence-electron chi connectivity index (χ4n) is 2.29. The van der Waals surface area contributed by atoms with Gasteiger partial charge in [-0.05, 0) is 18.6 Å². The second-order valence-electron chi connectivity index (χ2n) is 4.65. The first-order valence-corrected chi connectivity index (χ1v) is 7.62. The molecule has 0 aromatic rings. The molecule has 2 aliphatic heterocycles. The average Bonchev–Trinajstić information content (AvgIpc) is 2.37. The van der Waals surface area contributed by atoms with E-state index in [4.69, 9.17) is 4.74 Å². The topological polar surface area (TPSA) is 24.5 Å². The average molecular weight is 244 g/mol. The Bertz CT molecular complexity index is 160. The molecular weight excluding hydrogens is 220 g/mol. The summed E-state index contributed by atoms with van der Waals surface area (Å²) in [5, 5.41) is 4.47. The molecule has 16 heavy (non-hydrogen) atoms. The molecule has 1 atom stereocenters. The maximum absolute atomic E-state index is 5.34. The molecule has 2 heterocycles. The minimum absolute atomic E-state index is 0.874. The Kier molecular flexibility index (Phi) is 5.97. The summed E-state index contributed by atoms with van der Waals surface area (Å²) >= 11 is 2.15. The van der Waals surface area contributed by atoms with Gasteiger partial charge in [0.15, 0.2) is 0 Å². The highest BCUT2D eigenvalue weighted by atomic mass is 32.2. The highest BCUT2D eigenvalue weighted by Crippen LogP contribution is 2.24. The van der Waals surface area contributed by atoms with Crippen molar-refractivity contribution in [3.63, 3.8) is 0 Å². The summed E-state index contributed by atoms with van der Waals surface area (Å²) < 4.78 is 5.34. The van der Waals surface area contributed by atoms with Crippen LogP contribution in [-0.2, 0) is 4.74 Å². The maximum Gasteiger partial charge on any atom is 0.0594 e. The second kappa shape index (κ2) is 7.54. The number of morpholine rings is 1. The smallest absolute Gasteiger partial charge is 0.0594 e. The van der Waals surface area contributed by atoms with Crippen molar-refractivity contribution in [2.75, 3.05) is 51.7 Å². The highest BCUT2D eigenvalue weighted by molar-refractivity contribution is 7.99. The number of thioether (sulfide) groups is 1. The van der Waals surface area contributed by atoms with Gasteiger partial charge in [0.1, 0.15) is 0 Å². The van der Waals surface area contributed by atoms with Gasteiger partial charge in [-0.25, -0.2) is 0 Å². The van der Waals surface area contributed by atoms with Crippen LogP contribution in [0.25, 0.3) is 0 Å². The van der Waals surface area contributed by atoms with Crippen molar-refractivity contribution >= 4 is 11.8 Å². The lowest BCUT2D eigenvalue weighted by Gasteiger charge is -2.27. The molecule has 2 fully saturated rings. The van der Waals surface area contributed by atoms with Gasteiger partial charge in [-0.15, -0.1) is 0 Å². The lowest BCUT2D eigenvalue weighted by Crippen LogP contribution is -2.41. The first-order chi connectivity index (χ1) is 7.95. The van der Waals surface area contributed by atoms with E-state index in [1.54, 1.807) is 0 Å². The van der Waals surface area contributed by atoms with Crippen LogP contribution in [0, 0.1) is 0 Å². The minimum Gasteiger partial charge on any atom is -0.379 e. The van der Waals surface area contributed by atoms with Gasteiger partial charge in [-0.2, -0.15) is 11.8 Å². The molecule has 1 N–H and O–H groups in total. The predicted octanol–water partition coefficient (Wildman–Crippen LogP) is 1.19. The van der Waals surface area contributed by atoms with Crippen LogP contribution in [0.4, 0.5) is 0 Å². The van der Waals surface area contributed by atoms with E-state index in [9.17, 15) is 0 Å². The normalized spacial score (nSPS) is 28.1. The Hall–Kier alpha value is 0.230. The summed E-state index contributed by atoms with van der Waals surface area (Å²) in [6.07, 6.45) is 4.27. The van der Waals surface area contributed by atoms with E-state index in [1.165, 1.54) is 38.1 Å². The van der Waals surface area contributed by atoms with Crippen molar-refractivity contribution in [1.82, 2.24) is 10.2 Å². The monoisotopic (exact) mass is 244 g/mol. The van der Waals surface area contributed by atoms with E-state index < -0.39 is 0 Å². The van der Waals surface area contributed by atoms with E-state index >= 15 is 0 Å². The molecule has 1 unspecified atom stereocenters. The zero-order chi connectivity index (χ0) is 11.1. The number of ether oxygens (including phenoxy) is 1. The molecule has 0 aromatic heterocycles. The predicted molar refractivity (Wildman–Crippen MR) is 70.2 cm³/mol. The van der Waals surface area contributed by atoms with Crippen LogP contribution in [0.2, 0.25) is 0 Å². The van der Waals surface area contributed by atoms with Gasteiger partial charge in [0.25, 0.3) is 0 Å². The van der Waals surface area contributed by atoms with E-state index in [0.29, 0.717) is 0 Å². The molecule has 0 aliphatic carbocycles. The summed E-state index contributed by atoms with van der Waals surface area (Å²) in [6, 6.07) is 0. The summed E-state index contributed by atoms with van der Waals surface area (Å²) in [4.78, 5) is 2.49. The molecule has 0 spiro atoms. The standard InChI is InChI=1S/C12H24N2OS/c1-2-10-16-12(3-1)11-13-4-5-14-6-8-15-9-7-14/h12-13H,1-11H2. The molecule has 0 saturated carbocycles. The van der Waals surface area contributed by atoms with Crippen molar-refractivity contribution < 1.29 is 4.74 Å². The Labute approximate surface area is 103 Å². The number of hydrogen-bond acceptors (Lipinski definition) is 4. The molecule has 4 heteroatoms. The molecule has 2 aliphatic rings.